The van der Waals surface area contributed by atoms with Crippen molar-refractivity contribution in [2.45, 2.75) is 12.8 Å². The lowest BCUT2D eigenvalue weighted by atomic mass is 10.1. The van der Waals surface area contributed by atoms with Gasteiger partial charge in [0, 0.05) is 15.5 Å². The maximum absolute atomic E-state index is 13.7. The summed E-state index contributed by atoms with van der Waals surface area (Å²) in [5.41, 5.74) is 1.36. The van der Waals surface area contributed by atoms with Gasteiger partial charge in [0.2, 0.25) is 5.13 Å². The molecule has 1 aromatic carbocycles. The second-order valence-electron chi connectivity index (χ2n) is 4.93. The molecule has 0 saturated carbocycles. The summed E-state index contributed by atoms with van der Waals surface area (Å²) < 4.78 is 13.7. The van der Waals surface area contributed by atoms with Crippen LogP contribution in [0.1, 0.15) is 17.0 Å². The van der Waals surface area contributed by atoms with Gasteiger partial charge in [0.25, 0.3) is 0 Å². The largest absolute Gasteiger partial charge is 0.306 e. The highest BCUT2D eigenvalue weighted by Gasteiger charge is 2.19. The first-order chi connectivity index (χ1) is 11.2. The molecule has 4 nitrogen and oxygen atoms in total. The van der Waals surface area contributed by atoms with E-state index in [0.717, 1.165) is 28.3 Å². The van der Waals surface area contributed by atoms with Crippen LogP contribution < -0.4 is 5.32 Å². The van der Waals surface area contributed by atoms with Crippen LogP contribution in [0.2, 0.25) is 5.02 Å². The summed E-state index contributed by atoms with van der Waals surface area (Å²) in [4.78, 5) is 5.27. The first kappa shape index (κ1) is 14.7. The first-order valence-electron chi connectivity index (χ1n) is 6.91. The van der Waals surface area contributed by atoms with Crippen LogP contribution in [0.15, 0.2) is 30.3 Å². The molecule has 0 fully saturated rings. The van der Waals surface area contributed by atoms with Gasteiger partial charge in [-0.25, -0.2) is 9.37 Å². The Morgan fingerprint density at radius 2 is 2.09 bits per heavy atom. The van der Waals surface area contributed by atoms with Gasteiger partial charge in [0.05, 0.1) is 0 Å². The molecular weight excluding hydrogens is 355 g/mol. The Morgan fingerprint density at radius 3 is 2.91 bits per heavy atom. The molecule has 23 heavy (non-hydrogen) atoms. The SMILES string of the molecule is FC1=CCCc2sc(Nc3nnc(-c4cccc(Cl)c4)s3)nc21. The predicted octanol–water partition coefficient (Wildman–Crippen LogP) is 5.32. The van der Waals surface area contributed by atoms with Crippen LogP contribution in [0.4, 0.5) is 14.7 Å². The monoisotopic (exact) mass is 364 g/mol. The number of aryl methyl sites for hydroxylation is 1. The molecule has 1 aliphatic carbocycles. The van der Waals surface area contributed by atoms with E-state index in [4.69, 9.17) is 11.6 Å². The summed E-state index contributed by atoms with van der Waals surface area (Å²) in [6.45, 7) is 0. The molecule has 0 radical (unpaired) electrons. The fourth-order valence-corrected chi connectivity index (χ4v) is 4.26. The van der Waals surface area contributed by atoms with E-state index in [1.54, 1.807) is 6.08 Å². The number of hydrogen-bond acceptors (Lipinski definition) is 6. The van der Waals surface area contributed by atoms with Crippen LogP contribution >= 0.6 is 34.3 Å². The molecule has 1 aliphatic rings. The minimum atomic E-state index is -0.243. The number of rotatable bonds is 3. The van der Waals surface area contributed by atoms with Crippen molar-refractivity contribution in [3.63, 3.8) is 0 Å². The third-order valence-electron chi connectivity index (χ3n) is 3.33. The summed E-state index contributed by atoms with van der Waals surface area (Å²) in [5.74, 6) is -0.243. The molecule has 0 aliphatic heterocycles. The Bertz CT molecular complexity index is 903. The number of aromatic nitrogens is 3. The molecule has 2 aromatic heterocycles. The maximum Gasteiger partial charge on any atom is 0.212 e. The normalized spacial score (nSPS) is 13.6. The van der Waals surface area contributed by atoms with Crippen molar-refractivity contribution in [1.29, 1.82) is 0 Å². The van der Waals surface area contributed by atoms with Crippen LogP contribution in [-0.4, -0.2) is 15.2 Å². The molecule has 1 N–H and O–H groups in total. The van der Waals surface area contributed by atoms with Crippen molar-refractivity contribution in [3.8, 4) is 10.6 Å². The lowest BCUT2D eigenvalue weighted by Crippen LogP contribution is -1.93. The maximum atomic E-state index is 13.7. The highest BCUT2D eigenvalue weighted by atomic mass is 35.5. The van der Waals surface area contributed by atoms with Crippen molar-refractivity contribution >= 4 is 50.4 Å². The van der Waals surface area contributed by atoms with Gasteiger partial charge in [-0.1, -0.05) is 35.1 Å². The average molecular weight is 365 g/mol. The number of nitrogens with one attached hydrogen (secondary N) is 1. The van der Waals surface area contributed by atoms with Gasteiger partial charge in [-0.15, -0.1) is 21.5 Å². The summed E-state index contributed by atoms with van der Waals surface area (Å²) in [5, 5.41) is 14.1. The molecule has 116 valence electrons. The molecule has 0 atom stereocenters. The number of allylic oxidation sites excluding steroid dienone is 1. The standard InChI is InChI=1S/C15H10ClFN4S2/c16-9-4-1-3-8(7-9)13-20-21-15(23-13)19-14-18-12-10(17)5-2-6-11(12)22-14/h1,3-5,7H,2,6H2,(H,18,19,21). The Morgan fingerprint density at radius 1 is 1.17 bits per heavy atom. The summed E-state index contributed by atoms with van der Waals surface area (Å²) >= 11 is 8.85. The lowest BCUT2D eigenvalue weighted by molar-refractivity contribution is 0.734. The van der Waals surface area contributed by atoms with E-state index in [2.05, 4.69) is 20.5 Å². The summed E-state index contributed by atoms with van der Waals surface area (Å²) in [7, 11) is 0. The summed E-state index contributed by atoms with van der Waals surface area (Å²) in [6.07, 6.45) is 3.12. The van der Waals surface area contributed by atoms with E-state index < -0.39 is 0 Å². The molecule has 0 amide bonds. The van der Waals surface area contributed by atoms with Crippen molar-refractivity contribution < 1.29 is 4.39 Å². The number of benzene rings is 1. The quantitative estimate of drug-likeness (QED) is 0.683. The third-order valence-corrected chi connectivity index (χ3v) is 5.48. The molecule has 4 rings (SSSR count). The van der Waals surface area contributed by atoms with Crippen LogP contribution in [0.5, 0.6) is 0 Å². The highest BCUT2D eigenvalue weighted by Crippen LogP contribution is 2.36. The van der Waals surface area contributed by atoms with Crippen LogP contribution in [0.3, 0.4) is 0 Å². The highest BCUT2D eigenvalue weighted by molar-refractivity contribution is 7.19. The minimum Gasteiger partial charge on any atom is -0.306 e. The summed E-state index contributed by atoms with van der Waals surface area (Å²) in [6, 6.07) is 7.45. The van der Waals surface area contributed by atoms with Gasteiger partial charge in [0.15, 0.2) is 5.13 Å². The lowest BCUT2D eigenvalue weighted by Gasteiger charge is -2.03. The Balaban J connectivity index is 1.58. The van der Waals surface area contributed by atoms with Gasteiger partial charge in [0.1, 0.15) is 16.5 Å². The Kier molecular flexibility index (Phi) is 3.84. The van der Waals surface area contributed by atoms with E-state index in [9.17, 15) is 4.39 Å². The number of halogens is 2. The van der Waals surface area contributed by atoms with Crippen molar-refractivity contribution in [2.75, 3.05) is 5.32 Å². The van der Waals surface area contributed by atoms with E-state index in [1.807, 2.05) is 24.3 Å². The van der Waals surface area contributed by atoms with E-state index in [-0.39, 0.29) is 5.83 Å². The van der Waals surface area contributed by atoms with Gasteiger partial charge >= 0.3 is 0 Å². The zero-order chi connectivity index (χ0) is 15.8. The molecule has 8 heteroatoms. The molecule has 3 aromatic rings. The molecule has 2 heterocycles. The van der Waals surface area contributed by atoms with Crippen LogP contribution in [0.25, 0.3) is 16.4 Å². The van der Waals surface area contributed by atoms with Crippen molar-refractivity contribution in [1.82, 2.24) is 15.2 Å². The number of fused-ring (bicyclic) bond motifs is 1. The zero-order valence-corrected chi connectivity index (χ0v) is 14.1. The number of hydrogen-bond donors (Lipinski definition) is 1. The second-order valence-corrected chi connectivity index (χ2v) is 7.43. The number of thiazole rings is 1. The van der Waals surface area contributed by atoms with Gasteiger partial charge in [-0.2, -0.15) is 0 Å². The van der Waals surface area contributed by atoms with Gasteiger partial charge < -0.3 is 5.32 Å². The van der Waals surface area contributed by atoms with Gasteiger partial charge in [-0.05, 0) is 31.1 Å². The van der Waals surface area contributed by atoms with Crippen molar-refractivity contribution in [2.24, 2.45) is 0 Å². The first-order valence-corrected chi connectivity index (χ1v) is 8.92. The average Bonchev–Trinajstić information content (AvgIpc) is 3.15. The van der Waals surface area contributed by atoms with E-state index >= 15 is 0 Å². The molecule has 0 saturated heterocycles. The Hall–Kier alpha value is -1.83. The number of anilines is 2. The van der Waals surface area contributed by atoms with E-state index in [1.165, 1.54) is 22.7 Å². The molecule has 0 unspecified atom stereocenters. The van der Waals surface area contributed by atoms with E-state index in [0.29, 0.717) is 21.0 Å². The Labute approximate surface area is 144 Å². The smallest absolute Gasteiger partial charge is 0.212 e. The predicted molar refractivity (Wildman–Crippen MR) is 93.2 cm³/mol. The third kappa shape index (κ3) is 2.99. The fourth-order valence-electron chi connectivity index (χ4n) is 2.29. The molecule has 0 bridgehead atoms. The topological polar surface area (TPSA) is 50.7 Å². The minimum absolute atomic E-state index is 0.243. The van der Waals surface area contributed by atoms with Crippen LogP contribution in [0, 0.1) is 0 Å². The fraction of sp³-hybridized carbons (Fsp3) is 0.133. The zero-order valence-electron chi connectivity index (χ0n) is 11.7. The number of nitrogens with zero attached hydrogens (tertiary/aromatic N) is 3. The van der Waals surface area contributed by atoms with Gasteiger partial charge in [-0.3, -0.25) is 0 Å². The van der Waals surface area contributed by atoms with Crippen LogP contribution in [-0.2, 0) is 6.42 Å². The molecular formula is C15H10ClFN4S2. The molecule has 0 spiro atoms. The second kappa shape index (κ2) is 5.99. The van der Waals surface area contributed by atoms with Crippen molar-refractivity contribution in [3.05, 3.63) is 45.9 Å².